The van der Waals surface area contributed by atoms with Crippen molar-refractivity contribution < 1.29 is 9.47 Å². The summed E-state index contributed by atoms with van der Waals surface area (Å²) >= 11 is 13.3. The fourth-order valence-electron chi connectivity index (χ4n) is 1.90. The zero-order valence-electron chi connectivity index (χ0n) is 11.0. The highest BCUT2D eigenvalue weighted by Crippen LogP contribution is 2.41. The van der Waals surface area contributed by atoms with E-state index in [1.165, 1.54) is 0 Å². The minimum Gasteiger partial charge on any atom is -0.497 e. The maximum Gasteiger partial charge on any atom is 0.127 e. The Morgan fingerprint density at radius 2 is 1.75 bits per heavy atom. The van der Waals surface area contributed by atoms with E-state index in [0.717, 1.165) is 27.1 Å². The summed E-state index contributed by atoms with van der Waals surface area (Å²) in [5.41, 5.74) is 2.05. The predicted octanol–water partition coefficient (Wildman–Crippen LogP) is 5.60. The van der Waals surface area contributed by atoms with E-state index < -0.39 is 0 Å². The summed E-state index contributed by atoms with van der Waals surface area (Å²) in [5.74, 6) is 1.52. The molecular formula is C15H13Br2ClO2. The molecule has 1 atom stereocenters. The lowest BCUT2D eigenvalue weighted by Crippen LogP contribution is -1.99. The van der Waals surface area contributed by atoms with Gasteiger partial charge in [0.05, 0.1) is 19.0 Å². The number of alkyl halides is 1. The molecule has 0 heterocycles. The number of ether oxygens (including phenoxy) is 2. The van der Waals surface area contributed by atoms with E-state index in [1.54, 1.807) is 14.2 Å². The molecule has 2 aromatic carbocycles. The Bertz CT molecular complexity index is 617. The largest absolute Gasteiger partial charge is 0.497 e. The zero-order chi connectivity index (χ0) is 14.7. The van der Waals surface area contributed by atoms with Crippen LogP contribution >= 0.6 is 43.5 Å². The molecule has 0 aliphatic heterocycles. The molecule has 2 rings (SSSR count). The predicted molar refractivity (Wildman–Crippen MR) is 89.5 cm³/mol. The first-order valence-electron chi connectivity index (χ1n) is 5.87. The molecule has 2 aromatic rings. The monoisotopic (exact) mass is 418 g/mol. The summed E-state index contributed by atoms with van der Waals surface area (Å²) in [6.45, 7) is 0. The maximum absolute atomic E-state index is 6.08. The van der Waals surface area contributed by atoms with Crippen molar-refractivity contribution in [3.05, 3.63) is 57.0 Å². The standard InChI is InChI=1S/C15H13Br2ClO2/c1-19-10-4-5-11(14(8-10)20-2)15(17)12-7-9(18)3-6-13(12)16/h3-8,15H,1-2H3. The van der Waals surface area contributed by atoms with Crippen molar-refractivity contribution >= 4 is 43.5 Å². The van der Waals surface area contributed by atoms with Crippen molar-refractivity contribution in [2.45, 2.75) is 4.83 Å². The summed E-state index contributed by atoms with van der Waals surface area (Å²) in [6, 6.07) is 11.5. The maximum atomic E-state index is 6.08. The Labute approximate surface area is 140 Å². The van der Waals surface area contributed by atoms with Gasteiger partial charge < -0.3 is 9.47 Å². The van der Waals surface area contributed by atoms with Gasteiger partial charge in [0.1, 0.15) is 11.5 Å². The molecule has 0 spiro atoms. The first-order valence-corrected chi connectivity index (χ1v) is 7.96. The van der Waals surface area contributed by atoms with Crippen molar-refractivity contribution in [2.24, 2.45) is 0 Å². The van der Waals surface area contributed by atoms with Crippen LogP contribution in [0.4, 0.5) is 0 Å². The van der Waals surface area contributed by atoms with Gasteiger partial charge in [-0.1, -0.05) is 49.5 Å². The highest BCUT2D eigenvalue weighted by Gasteiger charge is 2.18. The fraction of sp³-hybridized carbons (Fsp3) is 0.200. The van der Waals surface area contributed by atoms with Crippen LogP contribution in [0.15, 0.2) is 40.9 Å². The Morgan fingerprint density at radius 1 is 1.00 bits per heavy atom. The topological polar surface area (TPSA) is 18.5 Å². The molecule has 0 fully saturated rings. The highest BCUT2D eigenvalue weighted by atomic mass is 79.9. The Kier molecular flexibility index (Phi) is 5.35. The third-order valence-corrected chi connectivity index (χ3v) is 4.89. The molecule has 0 radical (unpaired) electrons. The van der Waals surface area contributed by atoms with Crippen LogP contribution in [0.2, 0.25) is 5.02 Å². The summed E-state index contributed by atoms with van der Waals surface area (Å²) in [4.78, 5) is -0.0311. The van der Waals surface area contributed by atoms with Gasteiger partial charge >= 0.3 is 0 Å². The SMILES string of the molecule is COc1ccc(C(Br)c2cc(Cl)ccc2Br)c(OC)c1. The lowest BCUT2D eigenvalue weighted by Gasteiger charge is -2.17. The second kappa shape index (κ2) is 6.83. The number of hydrogen-bond donors (Lipinski definition) is 0. The van der Waals surface area contributed by atoms with Gasteiger partial charge in [-0.3, -0.25) is 0 Å². The molecule has 0 aliphatic carbocycles. The van der Waals surface area contributed by atoms with Gasteiger partial charge in [-0.25, -0.2) is 0 Å². The molecule has 0 amide bonds. The Balaban J connectivity index is 2.47. The molecular weight excluding hydrogens is 407 g/mol. The van der Waals surface area contributed by atoms with Gasteiger partial charge in [0.15, 0.2) is 0 Å². The van der Waals surface area contributed by atoms with Crippen molar-refractivity contribution in [3.8, 4) is 11.5 Å². The van der Waals surface area contributed by atoms with E-state index >= 15 is 0 Å². The van der Waals surface area contributed by atoms with Gasteiger partial charge in [-0.05, 0) is 29.8 Å². The second-order valence-electron chi connectivity index (χ2n) is 4.14. The van der Waals surface area contributed by atoms with Crippen molar-refractivity contribution in [2.75, 3.05) is 14.2 Å². The molecule has 0 bridgehead atoms. The molecule has 0 N–H and O–H groups in total. The third-order valence-electron chi connectivity index (χ3n) is 2.94. The molecule has 1 unspecified atom stereocenters. The highest BCUT2D eigenvalue weighted by molar-refractivity contribution is 9.11. The summed E-state index contributed by atoms with van der Waals surface area (Å²) < 4.78 is 11.6. The summed E-state index contributed by atoms with van der Waals surface area (Å²) in [7, 11) is 3.28. The van der Waals surface area contributed by atoms with E-state index in [-0.39, 0.29) is 4.83 Å². The van der Waals surface area contributed by atoms with E-state index in [2.05, 4.69) is 31.9 Å². The normalized spacial score (nSPS) is 12.1. The minimum atomic E-state index is -0.0311. The molecule has 20 heavy (non-hydrogen) atoms. The lowest BCUT2D eigenvalue weighted by molar-refractivity contribution is 0.391. The van der Waals surface area contributed by atoms with Gasteiger partial charge in [0.25, 0.3) is 0 Å². The van der Waals surface area contributed by atoms with Gasteiger partial charge in [-0.2, -0.15) is 0 Å². The van der Waals surface area contributed by atoms with Crippen LogP contribution in [0, 0.1) is 0 Å². The molecule has 0 aromatic heterocycles. The number of benzene rings is 2. The van der Waals surface area contributed by atoms with Gasteiger partial charge in [0.2, 0.25) is 0 Å². The Hall–Kier alpha value is -0.710. The third kappa shape index (κ3) is 3.30. The van der Waals surface area contributed by atoms with Crippen LogP contribution in [0.3, 0.4) is 0 Å². The number of halogens is 3. The number of methoxy groups -OCH3 is 2. The quantitative estimate of drug-likeness (QED) is 0.599. The lowest BCUT2D eigenvalue weighted by atomic mass is 10.0. The van der Waals surface area contributed by atoms with E-state index in [0.29, 0.717) is 5.02 Å². The fourth-order valence-corrected chi connectivity index (χ4v) is 3.62. The smallest absolute Gasteiger partial charge is 0.127 e. The van der Waals surface area contributed by atoms with Crippen LogP contribution in [-0.2, 0) is 0 Å². The molecule has 2 nitrogen and oxygen atoms in total. The summed E-state index contributed by atoms with van der Waals surface area (Å²) in [5, 5.41) is 0.695. The van der Waals surface area contributed by atoms with E-state index in [9.17, 15) is 0 Å². The molecule has 0 saturated carbocycles. The van der Waals surface area contributed by atoms with E-state index in [4.69, 9.17) is 21.1 Å². The van der Waals surface area contributed by atoms with Crippen LogP contribution in [0.25, 0.3) is 0 Å². The number of hydrogen-bond acceptors (Lipinski definition) is 2. The molecule has 106 valence electrons. The Morgan fingerprint density at radius 3 is 2.40 bits per heavy atom. The van der Waals surface area contributed by atoms with Gasteiger partial charge in [-0.15, -0.1) is 0 Å². The van der Waals surface area contributed by atoms with Crippen LogP contribution in [-0.4, -0.2) is 14.2 Å². The van der Waals surface area contributed by atoms with Crippen molar-refractivity contribution in [3.63, 3.8) is 0 Å². The first-order chi connectivity index (χ1) is 9.56. The summed E-state index contributed by atoms with van der Waals surface area (Å²) in [6.07, 6.45) is 0. The first kappa shape index (κ1) is 15.7. The van der Waals surface area contributed by atoms with Crippen molar-refractivity contribution in [1.29, 1.82) is 0 Å². The van der Waals surface area contributed by atoms with Crippen LogP contribution in [0.5, 0.6) is 11.5 Å². The number of rotatable bonds is 4. The van der Waals surface area contributed by atoms with Crippen molar-refractivity contribution in [1.82, 2.24) is 0 Å². The molecule has 0 aliphatic rings. The second-order valence-corrected chi connectivity index (χ2v) is 6.34. The van der Waals surface area contributed by atoms with Gasteiger partial charge in [0, 0.05) is 21.1 Å². The molecule has 5 heteroatoms. The molecule has 0 saturated heterocycles. The average Bonchev–Trinajstić information content (AvgIpc) is 2.48. The van der Waals surface area contributed by atoms with E-state index in [1.807, 2.05) is 36.4 Å². The zero-order valence-corrected chi connectivity index (χ0v) is 14.9. The minimum absolute atomic E-state index is 0.0311. The van der Waals surface area contributed by atoms with Crippen LogP contribution < -0.4 is 9.47 Å². The van der Waals surface area contributed by atoms with Crippen LogP contribution in [0.1, 0.15) is 16.0 Å². The average molecular weight is 421 g/mol.